The number of benzene rings is 2. The third-order valence-corrected chi connectivity index (χ3v) is 8.02. The highest BCUT2D eigenvalue weighted by Gasteiger charge is 2.59. The van der Waals surface area contributed by atoms with Crippen molar-refractivity contribution in [3.63, 3.8) is 0 Å². The first-order chi connectivity index (χ1) is 16.4. The van der Waals surface area contributed by atoms with E-state index in [0.717, 1.165) is 76.2 Å². The van der Waals surface area contributed by atoms with Crippen LogP contribution in [0.25, 0.3) is 0 Å². The van der Waals surface area contributed by atoms with E-state index in [1.54, 1.807) is 12.1 Å². The number of piperazine rings is 1. The summed E-state index contributed by atoms with van der Waals surface area (Å²) in [6.45, 7) is 7.41. The van der Waals surface area contributed by atoms with E-state index < -0.39 is 0 Å². The van der Waals surface area contributed by atoms with Gasteiger partial charge in [0.25, 0.3) is 0 Å². The van der Waals surface area contributed by atoms with Crippen LogP contribution in [0.2, 0.25) is 0 Å². The molecule has 2 amide bonds. The van der Waals surface area contributed by atoms with Gasteiger partial charge in [-0.1, -0.05) is 42.0 Å². The van der Waals surface area contributed by atoms with Crippen molar-refractivity contribution >= 4 is 11.8 Å². The van der Waals surface area contributed by atoms with E-state index in [4.69, 9.17) is 0 Å². The Morgan fingerprint density at radius 2 is 1.62 bits per heavy atom. The molecule has 6 heteroatoms. The van der Waals surface area contributed by atoms with Gasteiger partial charge in [-0.2, -0.15) is 0 Å². The fraction of sp³-hybridized carbons (Fsp3) is 0.500. The number of halogens is 1. The molecule has 2 aliphatic heterocycles. The highest BCUT2D eigenvalue weighted by molar-refractivity contribution is 5.83. The minimum atomic E-state index is -0.201. The number of rotatable bonds is 5. The smallest absolute Gasteiger partial charge is 0.226 e. The molecule has 3 aliphatic rings. The van der Waals surface area contributed by atoms with Gasteiger partial charge in [-0.25, -0.2) is 4.39 Å². The van der Waals surface area contributed by atoms with E-state index in [1.165, 1.54) is 11.6 Å². The minimum absolute atomic E-state index is 0.107. The number of aryl methyl sites for hydroxylation is 1. The minimum Gasteiger partial charge on any atom is -0.342 e. The normalized spacial score (nSPS) is 22.1. The fourth-order valence-corrected chi connectivity index (χ4v) is 5.80. The van der Waals surface area contributed by atoms with Crippen molar-refractivity contribution in [2.24, 2.45) is 11.3 Å². The van der Waals surface area contributed by atoms with E-state index in [0.29, 0.717) is 12.3 Å². The van der Waals surface area contributed by atoms with Crippen LogP contribution in [0.1, 0.15) is 36.0 Å². The first-order valence-electron chi connectivity index (χ1n) is 12.5. The Labute approximate surface area is 201 Å². The standard InChI is InChI=1S/C28H34FN3O2/c1-21-4-2-5-22(16-21)18-26(33)31-10-8-28(9-11-31)19-25(28)27(34)32-14-12-30(13-15-32)20-23-6-3-7-24(29)17-23/h2-7,16-17,25H,8-15,18-20H2,1H3. The number of likely N-dealkylation sites (tertiary alicyclic amines) is 1. The average molecular weight is 464 g/mol. The van der Waals surface area contributed by atoms with Gasteiger partial charge in [0, 0.05) is 51.7 Å². The van der Waals surface area contributed by atoms with Gasteiger partial charge in [0.2, 0.25) is 11.8 Å². The van der Waals surface area contributed by atoms with Crippen LogP contribution < -0.4 is 0 Å². The predicted octanol–water partition coefficient (Wildman–Crippen LogP) is 3.65. The summed E-state index contributed by atoms with van der Waals surface area (Å²) in [7, 11) is 0. The van der Waals surface area contributed by atoms with Gasteiger partial charge in [-0.15, -0.1) is 0 Å². The molecule has 2 saturated heterocycles. The van der Waals surface area contributed by atoms with Gasteiger partial charge in [0.15, 0.2) is 0 Å². The summed E-state index contributed by atoms with van der Waals surface area (Å²) in [5, 5.41) is 0. The van der Waals surface area contributed by atoms with Gasteiger partial charge in [0.05, 0.1) is 6.42 Å². The number of hydrogen-bond acceptors (Lipinski definition) is 3. The summed E-state index contributed by atoms with van der Waals surface area (Å²) in [6, 6.07) is 14.9. The number of nitrogens with zero attached hydrogens (tertiary/aromatic N) is 3. The molecule has 0 bridgehead atoms. The second-order valence-electron chi connectivity index (χ2n) is 10.4. The molecule has 2 aromatic carbocycles. The molecule has 2 heterocycles. The average Bonchev–Trinajstić information content (AvgIpc) is 3.52. The number of piperidine rings is 1. The lowest BCUT2D eigenvalue weighted by molar-refractivity contribution is -0.136. The third-order valence-electron chi connectivity index (χ3n) is 8.02. The zero-order valence-corrected chi connectivity index (χ0v) is 20.0. The highest BCUT2D eigenvalue weighted by Crippen LogP contribution is 2.60. The van der Waals surface area contributed by atoms with Crippen molar-refractivity contribution in [3.05, 3.63) is 71.0 Å². The molecule has 180 valence electrons. The van der Waals surface area contributed by atoms with Gasteiger partial charge < -0.3 is 9.80 Å². The van der Waals surface area contributed by atoms with Gasteiger partial charge in [-0.3, -0.25) is 14.5 Å². The molecule has 34 heavy (non-hydrogen) atoms. The first kappa shape index (κ1) is 23.0. The summed E-state index contributed by atoms with van der Waals surface area (Å²) < 4.78 is 13.4. The summed E-state index contributed by atoms with van der Waals surface area (Å²) >= 11 is 0. The van der Waals surface area contributed by atoms with E-state index in [1.807, 2.05) is 41.0 Å². The van der Waals surface area contributed by atoms with Crippen LogP contribution in [0, 0.1) is 24.1 Å². The Morgan fingerprint density at radius 1 is 0.912 bits per heavy atom. The molecule has 1 unspecified atom stereocenters. The topological polar surface area (TPSA) is 43.9 Å². The maximum atomic E-state index is 13.4. The van der Waals surface area contributed by atoms with Crippen LogP contribution in [-0.4, -0.2) is 65.8 Å². The van der Waals surface area contributed by atoms with E-state index in [-0.39, 0.29) is 23.1 Å². The molecule has 5 nitrogen and oxygen atoms in total. The maximum absolute atomic E-state index is 13.4. The molecule has 0 radical (unpaired) electrons. The second kappa shape index (κ2) is 9.49. The molecule has 0 aromatic heterocycles. The molecular weight excluding hydrogens is 429 g/mol. The zero-order valence-electron chi connectivity index (χ0n) is 20.0. The Bertz CT molecular complexity index is 1060. The lowest BCUT2D eigenvalue weighted by Crippen LogP contribution is -2.49. The lowest BCUT2D eigenvalue weighted by atomic mass is 9.90. The monoisotopic (exact) mass is 463 g/mol. The van der Waals surface area contributed by atoms with Crippen LogP contribution >= 0.6 is 0 Å². The summed E-state index contributed by atoms with van der Waals surface area (Å²) in [5.74, 6) is 0.410. The molecular formula is C28H34FN3O2. The largest absolute Gasteiger partial charge is 0.342 e. The fourth-order valence-electron chi connectivity index (χ4n) is 5.80. The Balaban J connectivity index is 1.07. The number of carbonyl (C=O) groups is 2. The summed E-state index contributed by atoms with van der Waals surface area (Å²) in [6.07, 6.45) is 3.29. The Kier molecular flexibility index (Phi) is 6.43. The Morgan fingerprint density at radius 3 is 2.32 bits per heavy atom. The van der Waals surface area contributed by atoms with Crippen molar-refractivity contribution in [1.29, 1.82) is 0 Å². The number of carbonyl (C=O) groups excluding carboxylic acids is 2. The van der Waals surface area contributed by atoms with Crippen LogP contribution in [-0.2, 0) is 22.6 Å². The van der Waals surface area contributed by atoms with Gasteiger partial charge in [-0.05, 0) is 54.9 Å². The lowest BCUT2D eigenvalue weighted by Gasteiger charge is -2.36. The van der Waals surface area contributed by atoms with Crippen LogP contribution in [0.3, 0.4) is 0 Å². The van der Waals surface area contributed by atoms with Crippen LogP contribution in [0.15, 0.2) is 48.5 Å². The number of hydrogen-bond donors (Lipinski definition) is 0. The molecule has 1 aliphatic carbocycles. The molecule has 1 saturated carbocycles. The van der Waals surface area contributed by atoms with Crippen molar-refractivity contribution in [2.75, 3.05) is 39.3 Å². The molecule has 5 rings (SSSR count). The molecule has 3 fully saturated rings. The summed E-state index contributed by atoms with van der Waals surface area (Å²) in [4.78, 5) is 32.3. The molecule has 1 spiro atoms. The first-order valence-corrected chi connectivity index (χ1v) is 12.5. The van der Waals surface area contributed by atoms with Crippen molar-refractivity contribution < 1.29 is 14.0 Å². The third kappa shape index (κ3) is 5.02. The van der Waals surface area contributed by atoms with Gasteiger partial charge >= 0.3 is 0 Å². The molecule has 0 N–H and O–H groups in total. The van der Waals surface area contributed by atoms with E-state index in [2.05, 4.69) is 11.0 Å². The second-order valence-corrected chi connectivity index (χ2v) is 10.4. The van der Waals surface area contributed by atoms with Crippen molar-refractivity contribution in [2.45, 2.75) is 39.2 Å². The van der Waals surface area contributed by atoms with Crippen molar-refractivity contribution in [1.82, 2.24) is 14.7 Å². The van der Waals surface area contributed by atoms with Crippen LogP contribution in [0.4, 0.5) is 4.39 Å². The zero-order chi connectivity index (χ0) is 23.7. The summed E-state index contributed by atoms with van der Waals surface area (Å²) in [5.41, 5.74) is 3.33. The highest BCUT2D eigenvalue weighted by atomic mass is 19.1. The van der Waals surface area contributed by atoms with E-state index in [9.17, 15) is 14.0 Å². The molecule has 2 aromatic rings. The quantitative estimate of drug-likeness (QED) is 0.680. The maximum Gasteiger partial charge on any atom is 0.226 e. The van der Waals surface area contributed by atoms with Gasteiger partial charge in [0.1, 0.15) is 5.82 Å². The number of amides is 2. The SMILES string of the molecule is Cc1cccc(CC(=O)N2CCC3(CC2)CC3C(=O)N2CCN(Cc3cccc(F)c3)CC2)c1. The van der Waals surface area contributed by atoms with E-state index >= 15 is 0 Å². The van der Waals surface area contributed by atoms with Crippen LogP contribution in [0.5, 0.6) is 0 Å². The van der Waals surface area contributed by atoms with Crippen molar-refractivity contribution in [3.8, 4) is 0 Å². The predicted molar refractivity (Wildman–Crippen MR) is 129 cm³/mol. The molecule has 1 atom stereocenters. The Hall–Kier alpha value is -2.73.